The molecule has 118 valence electrons. The maximum Gasteiger partial charge on any atom is 0.124 e. The summed E-state index contributed by atoms with van der Waals surface area (Å²) >= 11 is 3.40. The molecule has 1 fully saturated rings. The lowest BCUT2D eigenvalue weighted by molar-refractivity contribution is 0.162. The minimum absolute atomic E-state index is 0.155. The Morgan fingerprint density at radius 3 is 2.67 bits per heavy atom. The quantitative estimate of drug-likeness (QED) is 0.733. The van der Waals surface area contributed by atoms with E-state index in [-0.39, 0.29) is 11.2 Å². The number of hydrogen-bond acceptors (Lipinski definition) is 2. The van der Waals surface area contributed by atoms with E-state index in [0.29, 0.717) is 0 Å². The Labute approximate surface area is 135 Å². The molecule has 4 heteroatoms. The van der Waals surface area contributed by atoms with Crippen LogP contribution in [0.15, 0.2) is 22.7 Å². The van der Waals surface area contributed by atoms with Gasteiger partial charge in [-0.05, 0) is 48.4 Å². The second kappa shape index (κ2) is 8.25. The summed E-state index contributed by atoms with van der Waals surface area (Å²) in [6.45, 7) is 2.61. The van der Waals surface area contributed by atoms with E-state index in [1.807, 2.05) is 0 Å². The average Bonchev–Trinajstić information content (AvgIpc) is 2.43. The third-order valence-corrected chi connectivity index (χ3v) is 4.86. The van der Waals surface area contributed by atoms with Gasteiger partial charge >= 0.3 is 0 Å². The molecule has 0 spiro atoms. The molecule has 0 bridgehead atoms. The van der Waals surface area contributed by atoms with Crippen molar-refractivity contribution in [2.24, 2.45) is 5.41 Å². The van der Waals surface area contributed by atoms with E-state index in [9.17, 15) is 4.39 Å². The Balaban J connectivity index is 2.04. The summed E-state index contributed by atoms with van der Waals surface area (Å²) in [5.74, 6) is -0.155. The number of methoxy groups -OCH3 is 1. The zero-order valence-corrected chi connectivity index (χ0v) is 14.3. The minimum atomic E-state index is -0.155. The highest BCUT2D eigenvalue weighted by molar-refractivity contribution is 9.10. The summed E-state index contributed by atoms with van der Waals surface area (Å²) in [7, 11) is 1.72. The van der Waals surface area contributed by atoms with Crippen LogP contribution in [0.4, 0.5) is 4.39 Å². The standard InChI is InChI=1S/C17H25BrFNO/c1-21-8-7-20-13-17(5-3-2-4-6-17)12-14-9-15(18)11-16(19)10-14/h9-11,20H,2-8,12-13H2,1H3. The van der Waals surface area contributed by atoms with Gasteiger partial charge in [-0.15, -0.1) is 0 Å². The van der Waals surface area contributed by atoms with Gasteiger partial charge in [0.05, 0.1) is 6.61 Å². The molecule has 0 aromatic heterocycles. The Bertz CT molecular complexity index is 426. The van der Waals surface area contributed by atoms with Crippen LogP contribution in [0.2, 0.25) is 0 Å². The Morgan fingerprint density at radius 1 is 1.24 bits per heavy atom. The lowest BCUT2D eigenvalue weighted by Gasteiger charge is -2.38. The van der Waals surface area contributed by atoms with E-state index in [1.165, 1.54) is 38.2 Å². The molecule has 1 saturated carbocycles. The van der Waals surface area contributed by atoms with E-state index in [0.717, 1.165) is 36.2 Å². The molecule has 0 unspecified atom stereocenters. The average molecular weight is 358 g/mol. The topological polar surface area (TPSA) is 21.3 Å². The summed E-state index contributed by atoms with van der Waals surface area (Å²) in [5, 5.41) is 3.52. The maximum absolute atomic E-state index is 13.6. The number of halogens is 2. The number of benzene rings is 1. The molecule has 0 amide bonds. The molecule has 21 heavy (non-hydrogen) atoms. The highest BCUT2D eigenvalue weighted by Crippen LogP contribution is 2.39. The van der Waals surface area contributed by atoms with Crippen molar-refractivity contribution < 1.29 is 9.13 Å². The molecule has 0 heterocycles. The predicted molar refractivity (Wildman–Crippen MR) is 88.1 cm³/mol. The molecule has 1 aliphatic rings. The van der Waals surface area contributed by atoms with Crippen molar-refractivity contribution >= 4 is 15.9 Å². The predicted octanol–water partition coefficient (Wildman–Crippen LogP) is 4.32. The molecule has 1 aromatic carbocycles. The summed E-state index contributed by atoms with van der Waals surface area (Å²) in [4.78, 5) is 0. The number of nitrogens with one attached hydrogen (secondary N) is 1. The second-order valence-corrected chi connectivity index (χ2v) is 7.10. The first-order valence-corrected chi connectivity index (χ1v) is 8.57. The Hall–Kier alpha value is -0.450. The van der Waals surface area contributed by atoms with E-state index >= 15 is 0 Å². The fourth-order valence-electron chi connectivity index (χ4n) is 3.39. The molecule has 0 aliphatic heterocycles. The van der Waals surface area contributed by atoms with Crippen LogP contribution in [-0.2, 0) is 11.2 Å². The van der Waals surface area contributed by atoms with Crippen molar-refractivity contribution in [1.29, 1.82) is 0 Å². The first-order chi connectivity index (χ1) is 10.1. The highest BCUT2D eigenvalue weighted by Gasteiger charge is 2.32. The van der Waals surface area contributed by atoms with E-state index in [1.54, 1.807) is 13.2 Å². The zero-order chi connectivity index (χ0) is 15.1. The Kier molecular flexibility index (Phi) is 6.65. The van der Waals surface area contributed by atoms with Crippen molar-refractivity contribution in [1.82, 2.24) is 5.32 Å². The fraction of sp³-hybridized carbons (Fsp3) is 0.647. The van der Waals surface area contributed by atoms with Crippen LogP contribution in [0.3, 0.4) is 0 Å². The first-order valence-electron chi connectivity index (χ1n) is 7.78. The van der Waals surface area contributed by atoms with Gasteiger partial charge in [0.25, 0.3) is 0 Å². The molecular formula is C17H25BrFNO. The van der Waals surface area contributed by atoms with Gasteiger partial charge in [-0.2, -0.15) is 0 Å². The lowest BCUT2D eigenvalue weighted by atomic mass is 9.70. The third-order valence-electron chi connectivity index (χ3n) is 4.40. The van der Waals surface area contributed by atoms with Crippen molar-refractivity contribution in [3.63, 3.8) is 0 Å². The largest absolute Gasteiger partial charge is 0.383 e. The number of ether oxygens (including phenoxy) is 1. The van der Waals surface area contributed by atoms with E-state index in [2.05, 4.69) is 27.3 Å². The molecule has 1 aliphatic carbocycles. The van der Waals surface area contributed by atoms with Crippen LogP contribution >= 0.6 is 15.9 Å². The second-order valence-electron chi connectivity index (χ2n) is 6.18. The van der Waals surface area contributed by atoms with Gasteiger partial charge < -0.3 is 10.1 Å². The SMILES string of the molecule is COCCNCC1(Cc2cc(F)cc(Br)c2)CCCCC1. The van der Waals surface area contributed by atoms with Gasteiger partial charge in [-0.3, -0.25) is 0 Å². The first kappa shape index (κ1) is 16.9. The third kappa shape index (κ3) is 5.35. The molecule has 0 atom stereocenters. The van der Waals surface area contributed by atoms with Gasteiger partial charge in [0, 0.05) is 24.7 Å². The molecule has 0 saturated heterocycles. The monoisotopic (exact) mass is 357 g/mol. The van der Waals surface area contributed by atoms with Crippen molar-refractivity contribution in [2.75, 3.05) is 26.8 Å². The van der Waals surface area contributed by atoms with E-state index in [4.69, 9.17) is 4.74 Å². The molecule has 1 N–H and O–H groups in total. The highest BCUT2D eigenvalue weighted by atomic mass is 79.9. The van der Waals surface area contributed by atoms with Crippen molar-refractivity contribution in [2.45, 2.75) is 38.5 Å². The van der Waals surface area contributed by atoms with Crippen molar-refractivity contribution in [3.8, 4) is 0 Å². The summed E-state index contributed by atoms with van der Waals surface area (Å²) in [6.07, 6.45) is 7.28. The number of hydrogen-bond donors (Lipinski definition) is 1. The number of rotatable bonds is 7. The molecular weight excluding hydrogens is 333 g/mol. The van der Waals surface area contributed by atoms with E-state index < -0.39 is 0 Å². The van der Waals surface area contributed by atoms with Gasteiger partial charge in [-0.1, -0.05) is 35.2 Å². The van der Waals surface area contributed by atoms with Crippen LogP contribution in [-0.4, -0.2) is 26.8 Å². The molecule has 2 nitrogen and oxygen atoms in total. The van der Waals surface area contributed by atoms with Crippen LogP contribution < -0.4 is 5.32 Å². The van der Waals surface area contributed by atoms with Crippen LogP contribution in [0.1, 0.15) is 37.7 Å². The smallest absolute Gasteiger partial charge is 0.124 e. The van der Waals surface area contributed by atoms with Crippen LogP contribution in [0, 0.1) is 11.2 Å². The van der Waals surface area contributed by atoms with Gasteiger partial charge in [-0.25, -0.2) is 4.39 Å². The normalized spacial score (nSPS) is 17.9. The molecule has 2 rings (SSSR count). The van der Waals surface area contributed by atoms with Gasteiger partial charge in [0.15, 0.2) is 0 Å². The molecule has 1 aromatic rings. The summed E-state index contributed by atoms with van der Waals surface area (Å²) in [6, 6.07) is 5.25. The van der Waals surface area contributed by atoms with Crippen molar-refractivity contribution in [3.05, 3.63) is 34.1 Å². The minimum Gasteiger partial charge on any atom is -0.383 e. The summed E-state index contributed by atoms with van der Waals surface area (Å²) in [5.41, 5.74) is 1.36. The fourth-order valence-corrected chi connectivity index (χ4v) is 3.90. The van der Waals surface area contributed by atoms with Crippen LogP contribution in [0.25, 0.3) is 0 Å². The van der Waals surface area contributed by atoms with Crippen LogP contribution in [0.5, 0.6) is 0 Å². The zero-order valence-electron chi connectivity index (χ0n) is 12.8. The Morgan fingerprint density at radius 2 is 2.00 bits per heavy atom. The molecule has 0 radical (unpaired) electrons. The lowest BCUT2D eigenvalue weighted by Crippen LogP contribution is -2.39. The summed E-state index contributed by atoms with van der Waals surface area (Å²) < 4.78 is 19.5. The van der Waals surface area contributed by atoms with Gasteiger partial charge in [0.1, 0.15) is 5.82 Å². The van der Waals surface area contributed by atoms with Gasteiger partial charge in [0.2, 0.25) is 0 Å². The maximum atomic E-state index is 13.6.